The summed E-state index contributed by atoms with van der Waals surface area (Å²) < 4.78 is 28.7. The van der Waals surface area contributed by atoms with Gasteiger partial charge in [-0.2, -0.15) is 0 Å². The van der Waals surface area contributed by atoms with Gasteiger partial charge in [-0.1, -0.05) is 24.3 Å². The lowest BCUT2D eigenvalue weighted by Gasteiger charge is -2.10. The maximum atomic E-state index is 12.7. The van der Waals surface area contributed by atoms with Gasteiger partial charge in [-0.3, -0.25) is 9.59 Å². The number of anilines is 1. The third-order valence-electron chi connectivity index (χ3n) is 5.25. The van der Waals surface area contributed by atoms with Crippen molar-refractivity contribution in [3.63, 3.8) is 0 Å². The van der Waals surface area contributed by atoms with Crippen LogP contribution in [0.3, 0.4) is 0 Å². The topological polar surface area (TPSA) is 140 Å². The van der Waals surface area contributed by atoms with Gasteiger partial charge in [-0.25, -0.2) is 18.5 Å². The molecule has 2 heterocycles. The Bertz CT molecular complexity index is 1560. The first-order chi connectivity index (χ1) is 16.8. The van der Waals surface area contributed by atoms with Gasteiger partial charge in [0.2, 0.25) is 10.0 Å². The number of aromatic nitrogens is 1. The number of para-hydroxylation sites is 1. The molecule has 2 amide bonds. The predicted molar refractivity (Wildman–Crippen MR) is 131 cm³/mol. The van der Waals surface area contributed by atoms with Crippen LogP contribution < -0.4 is 20.5 Å². The second kappa shape index (κ2) is 8.95. The highest BCUT2D eigenvalue weighted by molar-refractivity contribution is 7.89. The molecule has 0 unspecified atom stereocenters. The van der Waals surface area contributed by atoms with E-state index in [-0.39, 0.29) is 23.3 Å². The number of ether oxygens (including phenoxy) is 1. The normalized spacial score (nSPS) is 12.5. The van der Waals surface area contributed by atoms with Gasteiger partial charge in [0.05, 0.1) is 22.7 Å². The maximum absolute atomic E-state index is 12.7. The highest BCUT2D eigenvalue weighted by atomic mass is 32.2. The van der Waals surface area contributed by atoms with E-state index in [2.05, 4.69) is 15.6 Å². The van der Waals surface area contributed by atoms with Crippen molar-refractivity contribution in [2.24, 2.45) is 5.14 Å². The van der Waals surface area contributed by atoms with Crippen molar-refractivity contribution in [2.75, 3.05) is 5.32 Å². The Hall–Kier alpha value is -4.06. The van der Waals surface area contributed by atoms with E-state index in [1.54, 1.807) is 60.8 Å². The molecule has 0 atom stereocenters. The van der Waals surface area contributed by atoms with Crippen molar-refractivity contribution in [1.29, 1.82) is 0 Å². The molecule has 0 saturated heterocycles. The Labute approximate surface area is 204 Å². The summed E-state index contributed by atoms with van der Waals surface area (Å²) in [5.41, 5.74) is 1.92. The summed E-state index contributed by atoms with van der Waals surface area (Å²) in [5, 5.41) is 11.4. The molecule has 4 aromatic rings. The molecule has 9 nitrogen and oxygen atoms in total. The average Bonchev–Trinajstić information content (AvgIpc) is 3.27. The van der Waals surface area contributed by atoms with Crippen molar-refractivity contribution >= 4 is 38.9 Å². The SMILES string of the molecule is NS(=O)(=O)c1ccc(-c2ncc(CNC(=O)c3ccc4c(c3)NC(=O)c3ccccc3O4)s2)cc1. The molecule has 1 aliphatic rings. The summed E-state index contributed by atoms with van der Waals surface area (Å²) in [6.07, 6.45) is 1.65. The Morgan fingerprint density at radius 3 is 2.60 bits per heavy atom. The fraction of sp³-hybridized carbons (Fsp3) is 0.0417. The summed E-state index contributed by atoms with van der Waals surface area (Å²) in [7, 11) is -3.76. The molecule has 4 N–H and O–H groups in total. The van der Waals surface area contributed by atoms with Gasteiger partial charge in [0.15, 0.2) is 5.75 Å². The van der Waals surface area contributed by atoms with Crippen molar-refractivity contribution in [2.45, 2.75) is 11.4 Å². The molecule has 1 aliphatic heterocycles. The zero-order valence-corrected chi connectivity index (χ0v) is 19.7. The first-order valence-corrected chi connectivity index (χ1v) is 12.7. The van der Waals surface area contributed by atoms with Crippen LogP contribution >= 0.6 is 11.3 Å². The number of carbonyl (C=O) groups is 2. The highest BCUT2D eigenvalue weighted by Crippen LogP contribution is 2.36. The minimum atomic E-state index is -3.76. The number of nitrogens with one attached hydrogen (secondary N) is 2. The van der Waals surface area contributed by atoms with E-state index in [1.807, 2.05) is 0 Å². The lowest BCUT2D eigenvalue weighted by Crippen LogP contribution is -2.22. The minimum absolute atomic E-state index is 0.0246. The molecule has 0 aliphatic carbocycles. The van der Waals surface area contributed by atoms with Gasteiger partial charge in [-0.15, -0.1) is 11.3 Å². The standard InChI is InChI=1S/C24H18N4O5S2/c25-35(31,32)17-8-5-14(6-9-17)24-27-13-16(34-24)12-26-22(29)15-7-10-21-19(11-15)28-23(30)18-3-1-2-4-20(18)33-21/h1-11,13H,12H2,(H,26,29)(H,28,30)(H2,25,31,32). The monoisotopic (exact) mass is 506 g/mol. The van der Waals surface area contributed by atoms with Crippen molar-refractivity contribution in [3.05, 3.63) is 88.9 Å². The van der Waals surface area contributed by atoms with E-state index >= 15 is 0 Å². The molecule has 176 valence electrons. The number of rotatable bonds is 5. The summed E-state index contributed by atoms with van der Waals surface area (Å²) in [4.78, 5) is 30.4. The zero-order valence-electron chi connectivity index (χ0n) is 18.0. The smallest absolute Gasteiger partial charge is 0.259 e. The lowest BCUT2D eigenvalue weighted by molar-refractivity contribution is 0.0950. The molecule has 5 rings (SSSR count). The average molecular weight is 507 g/mol. The molecular formula is C24H18N4O5S2. The van der Waals surface area contributed by atoms with Gasteiger partial charge in [-0.05, 0) is 42.5 Å². The predicted octanol–water partition coefficient (Wildman–Crippen LogP) is 3.75. The molecule has 0 saturated carbocycles. The molecule has 35 heavy (non-hydrogen) atoms. The Balaban J connectivity index is 1.27. The van der Waals surface area contributed by atoms with Gasteiger partial charge in [0, 0.05) is 22.2 Å². The number of nitrogens with zero attached hydrogens (tertiary/aromatic N) is 1. The Morgan fingerprint density at radius 2 is 1.83 bits per heavy atom. The van der Waals surface area contributed by atoms with Crippen molar-refractivity contribution < 1.29 is 22.7 Å². The molecule has 1 aromatic heterocycles. The number of nitrogens with two attached hydrogens (primary N) is 1. The first kappa shape index (κ1) is 22.7. The van der Waals surface area contributed by atoms with E-state index in [0.29, 0.717) is 33.3 Å². The second-order valence-electron chi connectivity index (χ2n) is 7.65. The van der Waals surface area contributed by atoms with E-state index < -0.39 is 10.0 Å². The van der Waals surface area contributed by atoms with E-state index in [9.17, 15) is 18.0 Å². The number of thiazole rings is 1. The fourth-order valence-corrected chi connectivity index (χ4v) is 4.86. The van der Waals surface area contributed by atoms with Gasteiger partial charge in [0.1, 0.15) is 10.8 Å². The summed E-state index contributed by atoms with van der Waals surface area (Å²) in [6, 6.07) is 17.9. The van der Waals surface area contributed by atoms with Gasteiger partial charge < -0.3 is 15.4 Å². The zero-order chi connectivity index (χ0) is 24.6. The number of benzene rings is 3. The van der Waals surface area contributed by atoms with Crippen LogP contribution in [-0.4, -0.2) is 25.2 Å². The largest absolute Gasteiger partial charge is 0.454 e. The Morgan fingerprint density at radius 1 is 1.06 bits per heavy atom. The van der Waals surface area contributed by atoms with Crippen LogP contribution in [0.5, 0.6) is 11.5 Å². The molecule has 0 radical (unpaired) electrons. The summed E-state index contributed by atoms with van der Waals surface area (Å²) >= 11 is 1.37. The molecule has 11 heteroatoms. The number of primary sulfonamides is 1. The van der Waals surface area contributed by atoms with E-state index in [1.165, 1.54) is 23.5 Å². The lowest BCUT2D eigenvalue weighted by atomic mass is 10.1. The number of carbonyl (C=O) groups excluding carboxylic acids is 2. The maximum Gasteiger partial charge on any atom is 0.259 e. The molecular weight excluding hydrogens is 488 g/mol. The number of amides is 2. The fourth-order valence-electron chi connectivity index (χ4n) is 3.49. The summed E-state index contributed by atoms with van der Waals surface area (Å²) in [5.74, 6) is 0.254. The van der Waals surface area contributed by atoms with Crippen LogP contribution in [0.25, 0.3) is 10.6 Å². The Kier molecular flexibility index (Phi) is 5.81. The highest BCUT2D eigenvalue weighted by Gasteiger charge is 2.21. The van der Waals surface area contributed by atoms with Crippen LogP contribution in [0.2, 0.25) is 0 Å². The van der Waals surface area contributed by atoms with Crippen LogP contribution in [0, 0.1) is 0 Å². The second-order valence-corrected chi connectivity index (χ2v) is 10.3. The number of hydrogen-bond donors (Lipinski definition) is 3. The van der Waals surface area contributed by atoms with Crippen molar-refractivity contribution in [3.8, 4) is 22.1 Å². The van der Waals surface area contributed by atoms with E-state index in [4.69, 9.17) is 9.88 Å². The minimum Gasteiger partial charge on any atom is -0.454 e. The summed E-state index contributed by atoms with van der Waals surface area (Å²) in [6.45, 7) is 0.247. The van der Waals surface area contributed by atoms with Gasteiger partial charge >= 0.3 is 0 Å². The quantitative estimate of drug-likeness (QED) is 0.377. The van der Waals surface area contributed by atoms with Crippen LogP contribution in [-0.2, 0) is 16.6 Å². The van der Waals surface area contributed by atoms with Crippen LogP contribution in [0.1, 0.15) is 25.6 Å². The first-order valence-electron chi connectivity index (χ1n) is 10.4. The molecule has 0 bridgehead atoms. The van der Waals surface area contributed by atoms with Crippen molar-refractivity contribution in [1.82, 2.24) is 10.3 Å². The van der Waals surface area contributed by atoms with Gasteiger partial charge in [0.25, 0.3) is 11.8 Å². The molecule has 3 aromatic carbocycles. The number of sulfonamides is 1. The van der Waals surface area contributed by atoms with Crippen LogP contribution in [0.15, 0.2) is 77.8 Å². The molecule has 0 fully saturated rings. The van der Waals surface area contributed by atoms with E-state index in [0.717, 1.165) is 10.4 Å². The molecule has 0 spiro atoms. The third-order valence-corrected chi connectivity index (χ3v) is 7.22. The number of fused-ring (bicyclic) bond motifs is 2. The number of hydrogen-bond acceptors (Lipinski definition) is 7. The third kappa shape index (κ3) is 4.78. The van der Waals surface area contributed by atoms with Crippen LogP contribution in [0.4, 0.5) is 5.69 Å².